The molecule has 0 bridgehead atoms. The smallest absolute Gasteiger partial charge is 0.258 e. The summed E-state index contributed by atoms with van der Waals surface area (Å²) in [6, 6.07) is 5.06. The summed E-state index contributed by atoms with van der Waals surface area (Å²) in [5.41, 5.74) is 0.682. The molecule has 90 valence electrons. The molecule has 0 N–H and O–H groups in total. The molecule has 0 fully saturated rings. The number of nitrogens with zero attached hydrogens (tertiary/aromatic N) is 2. The fraction of sp³-hybridized carbons (Fsp3) is 0.273. The van der Waals surface area contributed by atoms with Gasteiger partial charge in [0.1, 0.15) is 0 Å². The molecule has 0 radical (unpaired) electrons. The minimum atomic E-state index is -0.248. The Kier molecular flexibility index (Phi) is 3.92. The van der Waals surface area contributed by atoms with Crippen LogP contribution in [-0.2, 0) is 0 Å². The third-order valence-electron chi connectivity index (χ3n) is 2.19. The van der Waals surface area contributed by atoms with Crippen molar-refractivity contribution in [3.8, 4) is 11.5 Å². The lowest BCUT2D eigenvalue weighted by molar-refractivity contribution is 0.421. The molecule has 0 saturated carbocycles. The molecule has 2 aromatic rings. The van der Waals surface area contributed by atoms with Crippen LogP contribution in [0.4, 0.5) is 0 Å². The van der Waals surface area contributed by atoms with Crippen LogP contribution in [0.2, 0.25) is 10.0 Å². The molecule has 17 heavy (non-hydrogen) atoms. The maximum atomic E-state index is 6.02. The highest BCUT2D eigenvalue weighted by Crippen LogP contribution is 2.28. The Bertz CT molecular complexity index is 507. The molecule has 1 aromatic heterocycles. The van der Waals surface area contributed by atoms with Gasteiger partial charge in [-0.05, 0) is 24.6 Å². The van der Waals surface area contributed by atoms with E-state index < -0.39 is 0 Å². The van der Waals surface area contributed by atoms with Gasteiger partial charge < -0.3 is 4.52 Å². The first-order chi connectivity index (χ1) is 8.10. The van der Waals surface area contributed by atoms with Crippen LogP contribution in [0.15, 0.2) is 22.7 Å². The molecule has 0 spiro atoms. The molecule has 0 aliphatic carbocycles. The summed E-state index contributed by atoms with van der Waals surface area (Å²) in [5.74, 6) is 0.837. The first kappa shape index (κ1) is 12.7. The lowest BCUT2D eigenvalue weighted by Gasteiger charge is -1.98. The summed E-state index contributed by atoms with van der Waals surface area (Å²) in [5, 5.41) is 4.61. The number of halogens is 3. The molecule has 3 nitrogen and oxygen atoms in total. The van der Waals surface area contributed by atoms with Gasteiger partial charge >= 0.3 is 0 Å². The van der Waals surface area contributed by atoms with Crippen molar-refractivity contribution in [2.24, 2.45) is 0 Å². The standard InChI is InChI=1S/C11H9Cl3N2O/c1-2-9(14)10-15-11(17-16-10)6-3-7(12)5-8(13)4-6/h3-5,9H,2H2,1H3. The molecule has 0 saturated heterocycles. The zero-order valence-corrected chi connectivity index (χ0v) is 11.2. The zero-order valence-electron chi connectivity index (χ0n) is 8.95. The topological polar surface area (TPSA) is 38.9 Å². The number of alkyl halides is 1. The maximum absolute atomic E-state index is 6.02. The minimum absolute atomic E-state index is 0.248. The van der Waals surface area contributed by atoms with Gasteiger partial charge in [0.2, 0.25) is 0 Å². The van der Waals surface area contributed by atoms with Crippen LogP contribution in [0.1, 0.15) is 24.5 Å². The van der Waals surface area contributed by atoms with Gasteiger partial charge in [-0.25, -0.2) is 0 Å². The summed E-state index contributed by atoms with van der Waals surface area (Å²) < 4.78 is 5.12. The molecule has 0 aliphatic rings. The minimum Gasteiger partial charge on any atom is -0.334 e. The molecule has 0 aliphatic heterocycles. The fourth-order valence-corrected chi connectivity index (χ4v) is 1.95. The normalized spacial score (nSPS) is 12.7. The Morgan fingerprint density at radius 1 is 1.24 bits per heavy atom. The molecule has 6 heteroatoms. The predicted octanol–water partition coefficient (Wildman–Crippen LogP) is 4.73. The lowest BCUT2D eigenvalue weighted by Crippen LogP contribution is -1.90. The first-order valence-electron chi connectivity index (χ1n) is 5.04. The van der Waals surface area contributed by atoms with Gasteiger partial charge in [-0.3, -0.25) is 0 Å². The van der Waals surface area contributed by atoms with Crippen molar-refractivity contribution >= 4 is 34.8 Å². The van der Waals surface area contributed by atoms with Crippen LogP contribution in [-0.4, -0.2) is 10.1 Å². The van der Waals surface area contributed by atoms with Crippen molar-refractivity contribution in [2.75, 3.05) is 0 Å². The van der Waals surface area contributed by atoms with E-state index in [9.17, 15) is 0 Å². The van der Waals surface area contributed by atoms with Gasteiger partial charge in [0.05, 0.1) is 5.38 Å². The van der Waals surface area contributed by atoms with Crippen molar-refractivity contribution < 1.29 is 4.52 Å². The number of rotatable bonds is 3. The van der Waals surface area contributed by atoms with Crippen molar-refractivity contribution in [2.45, 2.75) is 18.7 Å². The predicted molar refractivity (Wildman–Crippen MR) is 68.6 cm³/mol. The lowest BCUT2D eigenvalue weighted by atomic mass is 10.2. The molecule has 1 atom stereocenters. The zero-order chi connectivity index (χ0) is 12.4. The highest BCUT2D eigenvalue weighted by Gasteiger charge is 2.15. The van der Waals surface area contributed by atoms with Crippen LogP contribution in [0.25, 0.3) is 11.5 Å². The van der Waals surface area contributed by atoms with Crippen LogP contribution in [0, 0.1) is 0 Å². The van der Waals surface area contributed by atoms with Crippen molar-refractivity contribution in [1.82, 2.24) is 10.1 Å². The molecule has 1 heterocycles. The molecule has 1 unspecified atom stereocenters. The SMILES string of the molecule is CCC(Cl)c1noc(-c2cc(Cl)cc(Cl)c2)n1. The average molecular weight is 292 g/mol. The highest BCUT2D eigenvalue weighted by atomic mass is 35.5. The quantitative estimate of drug-likeness (QED) is 0.767. The summed E-state index contributed by atoms with van der Waals surface area (Å²) >= 11 is 17.8. The third-order valence-corrected chi connectivity index (χ3v) is 3.13. The fourth-order valence-electron chi connectivity index (χ4n) is 1.34. The molecular weight excluding hydrogens is 282 g/mol. The molecule has 2 rings (SSSR count). The second kappa shape index (κ2) is 5.25. The molecule has 1 aromatic carbocycles. The van der Waals surface area contributed by atoms with E-state index in [1.54, 1.807) is 18.2 Å². The molecule has 0 amide bonds. The van der Waals surface area contributed by atoms with E-state index in [0.29, 0.717) is 27.3 Å². The summed E-state index contributed by atoms with van der Waals surface area (Å²) in [6.07, 6.45) is 0.733. The van der Waals surface area contributed by atoms with Gasteiger partial charge in [0.25, 0.3) is 5.89 Å². The van der Waals surface area contributed by atoms with E-state index in [-0.39, 0.29) is 5.38 Å². The van der Waals surface area contributed by atoms with E-state index in [4.69, 9.17) is 39.3 Å². The van der Waals surface area contributed by atoms with Crippen molar-refractivity contribution in [3.63, 3.8) is 0 Å². The van der Waals surface area contributed by atoms with Gasteiger partial charge in [-0.1, -0.05) is 35.3 Å². The summed E-state index contributed by atoms with van der Waals surface area (Å²) in [4.78, 5) is 4.21. The van der Waals surface area contributed by atoms with E-state index >= 15 is 0 Å². The Labute approximate surface area is 114 Å². The van der Waals surface area contributed by atoms with Crippen molar-refractivity contribution in [1.29, 1.82) is 0 Å². The Morgan fingerprint density at radius 2 is 1.88 bits per heavy atom. The number of hydrogen-bond acceptors (Lipinski definition) is 3. The second-order valence-electron chi connectivity index (χ2n) is 3.49. The van der Waals surface area contributed by atoms with Crippen LogP contribution in [0.5, 0.6) is 0 Å². The summed E-state index contributed by atoms with van der Waals surface area (Å²) in [7, 11) is 0. The Hall–Kier alpha value is -0.770. The number of hydrogen-bond donors (Lipinski definition) is 0. The van der Waals surface area contributed by atoms with Gasteiger partial charge in [-0.15, -0.1) is 11.6 Å². The average Bonchev–Trinajstić information content (AvgIpc) is 2.76. The van der Waals surface area contributed by atoms with Crippen molar-refractivity contribution in [3.05, 3.63) is 34.1 Å². The van der Waals surface area contributed by atoms with Gasteiger partial charge in [-0.2, -0.15) is 4.98 Å². The largest absolute Gasteiger partial charge is 0.334 e. The number of aromatic nitrogens is 2. The van der Waals surface area contributed by atoms with E-state index in [1.807, 2.05) is 6.92 Å². The van der Waals surface area contributed by atoms with Crippen LogP contribution in [0.3, 0.4) is 0 Å². The number of benzene rings is 1. The van der Waals surface area contributed by atoms with E-state index in [0.717, 1.165) is 6.42 Å². The van der Waals surface area contributed by atoms with Crippen LogP contribution < -0.4 is 0 Å². The van der Waals surface area contributed by atoms with Gasteiger partial charge in [0, 0.05) is 15.6 Å². The highest BCUT2D eigenvalue weighted by molar-refractivity contribution is 6.35. The Balaban J connectivity index is 2.36. The molecular formula is C11H9Cl3N2O. The first-order valence-corrected chi connectivity index (χ1v) is 6.23. The summed E-state index contributed by atoms with van der Waals surface area (Å²) in [6.45, 7) is 1.95. The third kappa shape index (κ3) is 2.92. The monoisotopic (exact) mass is 290 g/mol. The van der Waals surface area contributed by atoms with E-state index in [1.165, 1.54) is 0 Å². The Morgan fingerprint density at radius 3 is 2.47 bits per heavy atom. The van der Waals surface area contributed by atoms with E-state index in [2.05, 4.69) is 10.1 Å². The maximum Gasteiger partial charge on any atom is 0.258 e. The second-order valence-corrected chi connectivity index (χ2v) is 4.89. The van der Waals surface area contributed by atoms with Gasteiger partial charge in [0.15, 0.2) is 5.82 Å². The van der Waals surface area contributed by atoms with Crippen LogP contribution >= 0.6 is 34.8 Å².